The summed E-state index contributed by atoms with van der Waals surface area (Å²) in [6.45, 7) is 0. The third kappa shape index (κ3) is 3.42. The number of hydrogen-bond donors (Lipinski definition) is 0. The molecule has 0 atom stereocenters. The molecule has 0 N–H and O–H groups in total. The summed E-state index contributed by atoms with van der Waals surface area (Å²) in [5.74, 6) is 0.492. The van der Waals surface area contributed by atoms with Crippen LogP contribution in [0.3, 0.4) is 0 Å². The van der Waals surface area contributed by atoms with Crippen LogP contribution < -0.4 is 5.56 Å². The van der Waals surface area contributed by atoms with Gasteiger partial charge in [-0.3, -0.25) is 9.78 Å². The Morgan fingerprint density at radius 3 is 2.43 bits per heavy atom. The van der Waals surface area contributed by atoms with E-state index in [1.54, 1.807) is 18.5 Å². The molecule has 0 amide bonds. The molecule has 0 spiro atoms. The van der Waals surface area contributed by atoms with Crippen LogP contribution in [0.1, 0.15) is 11.4 Å². The summed E-state index contributed by atoms with van der Waals surface area (Å²) < 4.78 is 1.52. The highest BCUT2D eigenvalue weighted by atomic mass is 32.1. The summed E-state index contributed by atoms with van der Waals surface area (Å²) in [5, 5.41) is 10.3. The molecule has 2 aromatic carbocycles. The number of benzene rings is 2. The molecule has 6 nitrogen and oxygen atoms in total. The fourth-order valence-electron chi connectivity index (χ4n) is 3.10. The maximum Gasteiger partial charge on any atom is 0.268 e. The van der Waals surface area contributed by atoms with Gasteiger partial charge in [-0.1, -0.05) is 59.9 Å². The van der Waals surface area contributed by atoms with E-state index in [9.17, 15) is 4.79 Å². The number of rotatable bonds is 4. The van der Waals surface area contributed by atoms with Crippen molar-refractivity contribution in [2.75, 3.05) is 0 Å². The van der Waals surface area contributed by atoms with Crippen LogP contribution >= 0.6 is 11.3 Å². The van der Waals surface area contributed by atoms with E-state index in [0.29, 0.717) is 21.9 Å². The maximum atomic E-state index is 13.3. The summed E-state index contributed by atoms with van der Waals surface area (Å²) in [6.07, 6.45) is 7.15. The smallest absolute Gasteiger partial charge is 0.268 e. The summed E-state index contributed by atoms with van der Waals surface area (Å²) in [6, 6.07) is 20.9. The topological polar surface area (TPSA) is 73.6 Å². The van der Waals surface area contributed by atoms with Gasteiger partial charge in [0.1, 0.15) is 10.8 Å². The first kappa shape index (κ1) is 18.1. The van der Waals surface area contributed by atoms with Crippen molar-refractivity contribution >= 4 is 34.4 Å². The Morgan fingerprint density at radius 2 is 1.60 bits per heavy atom. The van der Waals surface area contributed by atoms with E-state index in [1.165, 1.54) is 15.9 Å². The zero-order valence-electron chi connectivity index (χ0n) is 15.7. The monoisotopic (exact) mass is 409 g/mol. The van der Waals surface area contributed by atoms with Gasteiger partial charge >= 0.3 is 0 Å². The Bertz CT molecular complexity index is 1410. The third-order valence-corrected chi connectivity index (χ3v) is 5.52. The van der Waals surface area contributed by atoms with Gasteiger partial charge in [0.25, 0.3) is 5.56 Å². The second-order valence-corrected chi connectivity index (χ2v) is 7.45. The predicted octanol–water partition coefficient (Wildman–Crippen LogP) is 4.47. The van der Waals surface area contributed by atoms with E-state index in [1.807, 2.05) is 72.8 Å². The molecule has 0 unspecified atom stereocenters. The van der Waals surface area contributed by atoms with E-state index in [4.69, 9.17) is 4.98 Å². The number of nitrogens with zero attached hydrogens (tertiary/aromatic N) is 5. The van der Waals surface area contributed by atoms with Crippen LogP contribution in [0.15, 0.2) is 83.9 Å². The second-order valence-electron chi connectivity index (χ2n) is 6.50. The largest absolute Gasteiger partial charge is 0.268 e. The molecule has 0 aliphatic rings. The highest BCUT2D eigenvalue weighted by Crippen LogP contribution is 2.26. The molecule has 5 aromatic rings. The molecule has 7 heteroatoms. The SMILES string of the molecule is O=c1c2ccccc2nc(/C=C/c2ccncc2)n1-c1nnc(-c2ccccc2)s1. The lowest BCUT2D eigenvalue weighted by molar-refractivity contribution is 0.899. The van der Waals surface area contributed by atoms with Gasteiger partial charge in [-0.05, 0) is 35.9 Å². The Balaban J connectivity index is 1.68. The summed E-state index contributed by atoms with van der Waals surface area (Å²) >= 11 is 1.35. The zero-order chi connectivity index (χ0) is 20.3. The Morgan fingerprint density at radius 1 is 0.833 bits per heavy atom. The van der Waals surface area contributed by atoms with Crippen molar-refractivity contribution in [1.82, 2.24) is 24.7 Å². The highest BCUT2D eigenvalue weighted by molar-refractivity contribution is 7.17. The quantitative estimate of drug-likeness (QED) is 0.438. The Kier molecular flexibility index (Phi) is 4.71. The molecular formula is C23H15N5OS. The molecule has 144 valence electrons. The minimum absolute atomic E-state index is 0.175. The van der Waals surface area contributed by atoms with Crippen LogP contribution in [0.5, 0.6) is 0 Å². The van der Waals surface area contributed by atoms with Gasteiger partial charge in [-0.15, -0.1) is 10.2 Å². The fourth-order valence-corrected chi connectivity index (χ4v) is 3.95. The van der Waals surface area contributed by atoms with E-state index < -0.39 is 0 Å². The van der Waals surface area contributed by atoms with Gasteiger partial charge in [0.15, 0.2) is 0 Å². The molecule has 5 rings (SSSR count). The lowest BCUT2D eigenvalue weighted by Crippen LogP contribution is -2.22. The van der Waals surface area contributed by atoms with Crippen molar-refractivity contribution in [2.24, 2.45) is 0 Å². The van der Waals surface area contributed by atoms with E-state index in [2.05, 4.69) is 15.2 Å². The molecule has 0 saturated carbocycles. The number of aromatic nitrogens is 5. The molecule has 0 fully saturated rings. The molecule has 0 aliphatic carbocycles. The van der Waals surface area contributed by atoms with Gasteiger partial charge in [-0.2, -0.15) is 0 Å². The normalized spacial score (nSPS) is 11.3. The molecule has 3 heterocycles. The summed E-state index contributed by atoms with van der Waals surface area (Å²) in [7, 11) is 0. The van der Waals surface area contributed by atoms with Crippen molar-refractivity contribution in [1.29, 1.82) is 0 Å². The van der Waals surface area contributed by atoms with Crippen molar-refractivity contribution in [3.8, 4) is 15.7 Å². The fraction of sp³-hybridized carbons (Fsp3) is 0. The highest BCUT2D eigenvalue weighted by Gasteiger charge is 2.15. The lowest BCUT2D eigenvalue weighted by atomic mass is 10.2. The van der Waals surface area contributed by atoms with Crippen LogP contribution in [0.4, 0.5) is 0 Å². The first-order valence-corrected chi connectivity index (χ1v) is 10.1. The maximum absolute atomic E-state index is 13.3. The van der Waals surface area contributed by atoms with Crippen molar-refractivity contribution < 1.29 is 0 Å². The average molecular weight is 409 g/mol. The number of pyridine rings is 1. The van der Waals surface area contributed by atoms with Crippen molar-refractivity contribution in [3.63, 3.8) is 0 Å². The first-order chi connectivity index (χ1) is 14.8. The number of para-hydroxylation sites is 1. The van der Waals surface area contributed by atoms with Gasteiger partial charge in [0, 0.05) is 18.0 Å². The van der Waals surface area contributed by atoms with Crippen LogP contribution in [0.2, 0.25) is 0 Å². The molecule has 0 bridgehead atoms. The molecule has 0 aliphatic heterocycles. The van der Waals surface area contributed by atoms with Gasteiger partial charge in [0.2, 0.25) is 5.13 Å². The van der Waals surface area contributed by atoms with E-state index >= 15 is 0 Å². The Hall–Kier alpha value is -3.97. The van der Waals surface area contributed by atoms with Gasteiger partial charge in [0.05, 0.1) is 10.9 Å². The molecular weight excluding hydrogens is 394 g/mol. The summed E-state index contributed by atoms with van der Waals surface area (Å²) in [5.41, 5.74) is 2.38. The third-order valence-electron chi connectivity index (χ3n) is 4.56. The predicted molar refractivity (Wildman–Crippen MR) is 119 cm³/mol. The average Bonchev–Trinajstić information content (AvgIpc) is 3.29. The van der Waals surface area contributed by atoms with E-state index in [0.717, 1.165) is 16.1 Å². The lowest BCUT2D eigenvalue weighted by Gasteiger charge is -2.07. The van der Waals surface area contributed by atoms with Crippen LogP contribution in [0.25, 0.3) is 38.8 Å². The van der Waals surface area contributed by atoms with Gasteiger partial charge in [-0.25, -0.2) is 9.55 Å². The number of hydrogen-bond acceptors (Lipinski definition) is 6. The van der Waals surface area contributed by atoms with Gasteiger partial charge < -0.3 is 0 Å². The van der Waals surface area contributed by atoms with Crippen LogP contribution in [-0.2, 0) is 0 Å². The minimum atomic E-state index is -0.175. The number of fused-ring (bicyclic) bond motifs is 1. The molecule has 0 saturated heterocycles. The molecule has 3 aromatic heterocycles. The summed E-state index contributed by atoms with van der Waals surface area (Å²) in [4.78, 5) is 22.1. The van der Waals surface area contributed by atoms with Crippen molar-refractivity contribution in [3.05, 3.63) is 101 Å². The first-order valence-electron chi connectivity index (χ1n) is 9.29. The van der Waals surface area contributed by atoms with Crippen molar-refractivity contribution in [2.45, 2.75) is 0 Å². The minimum Gasteiger partial charge on any atom is -0.268 e. The zero-order valence-corrected chi connectivity index (χ0v) is 16.5. The second kappa shape index (κ2) is 7.81. The molecule has 0 radical (unpaired) electrons. The standard InChI is InChI=1S/C23H15N5OS/c29-22-18-8-4-5-9-19(18)25-20(11-10-16-12-14-24-15-13-16)28(22)23-27-26-21(30-23)17-6-2-1-3-7-17/h1-15H/b11-10+. The van der Waals surface area contributed by atoms with E-state index in [-0.39, 0.29) is 5.56 Å². The van der Waals surface area contributed by atoms with Crippen LogP contribution in [-0.4, -0.2) is 24.7 Å². The molecule has 30 heavy (non-hydrogen) atoms. The Labute approximate surface area is 175 Å². The van der Waals surface area contributed by atoms with Crippen LogP contribution in [0, 0.1) is 0 Å².